The highest BCUT2D eigenvalue weighted by molar-refractivity contribution is 5.75. The minimum absolute atomic E-state index is 0.385. The maximum atomic E-state index is 11.8. The predicted octanol–water partition coefficient (Wildman–Crippen LogP) is 1.85. The van der Waals surface area contributed by atoms with Crippen LogP contribution in [-0.2, 0) is 4.74 Å². The number of H-pyrrole nitrogens is 1. The second-order valence-electron chi connectivity index (χ2n) is 3.81. The first-order valence-corrected chi connectivity index (χ1v) is 6.19. The van der Waals surface area contributed by atoms with Crippen LogP contribution < -0.4 is 5.69 Å². The molecule has 1 aromatic carbocycles. The molecule has 1 heterocycles. The van der Waals surface area contributed by atoms with E-state index < -0.39 is 0 Å². The van der Waals surface area contributed by atoms with Crippen LogP contribution in [0.1, 0.15) is 20.3 Å². The number of aromatic amines is 1. The minimum atomic E-state index is -0.385. The van der Waals surface area contributed by atoms with Gasteiger partial charge in [-0.05, 0) is 6.92 Å². The summed E-state index contributed by atoms with van der Waals surface area (Å²) in [6, 6.07) is 9.40. The fourth-order valence-corrected chi connectivity index (χ4v) is 1.64. The second-order valence-corrected chi connectivity index (χ2v) is 3.81. The van der Waals surface area contributed by atoms with Crippen molar-refractivity contribution in [1.29, 1.82) is 0 Å². The van der Waals surface area contributed by atoms with Crippen LogP contribution in [0.5, 0.6) is 0 Å². The Balaban J connectivity index is 2.47. The molecule has 0 aliphatic heterocycles. The highest BCUT2D eigenvalue weighted by Gasteiger charge is 2.10. The summed E-state index contributed by atoms with van der Waals surface area (Å²) in [6.45, 7) is 4.31. The molecule has 1 N–H and O–H groups in total. The first-order chi connectivity index (χ1) is 9.26. The summed E-state index contributed by atoms with van der Waals surface area (Å²) in [4.78, 5) is 11.8. The Morgan fingerprint density at radius 2 is 2.11 bits per heavy atom. The molecule has 0 amide bonds. The highest BCUT2D eigenvalue weighted by Crippen LogP contribution is 2.14. The van der Waals surface area contributed by atoms with Gasteiger partial charge in [0, 0.05) is 12.0 Å². The molecule has 0 saturated carbocycles. The number of nitrogens with zero attached hydrogens (tertiary/aromatic N) is 3. The molecule has 0 fully saturated rings. The molecule has 0 spiro atoms. The van der Waals surface area contributed by atoms with Gasteiger partial charge in [0.15, 0.2) is 5.82 Å². The maximum Gasteiger partial charge on any atom is 0.364 e. The minimum Gasteiger partial charge on any atom is -0.480 e. The molecule has 0 atom stereocenters. The molecule has 6 nitrogen and oxygen atoms in total. The molecule has 2 aromatic rings. The summed E-state index contributed by atoms with van der Waals surface area (Å²) in [6.07, 6.45) is 0.611. The number of benzene rings is 1. The molecular weight excluding hydrogens is 244 g/mol. The van der Waals surface area contributed by atoms with E-state index in [-0.39, 0.29) is 5.69 Å². The van der Waals surface area contributed by atoms with Crippen molar-refractivity contribution in [3.05, 3.63) is 40.8 Å². The highest BCUT2D eigenvalue weighted by atomic mass is 16.5. The number of hydrogen-bond donors (Lipinski definition) is 1. The molecule has 0 aliphatic rings. The van der Waals surface area contributed by atoms with Gasteiger partial charge in [-0.2, -0.15) is 9.77 Å². The van der Waals surface area contributed by atoms with Gasteiger partial charge in [-0.15, -0.1) is 5.10 Å². The molecule has 100 valence electrons. The normalized spacial score (nSPS) is 11.6. The van der Waals surface area contributed by atoms with Crippen LogP contribution in [0.4, 0.5) is 0 Å². The first kappa shape index (κ1) is 13.1. The number of hydrogen-bond acceptors (Lipinski definition) is 4. The van der Waals surface area contributed by atoms with Gasteiger partial charge in [-0.25, -0.2) is 9.89 Å². The number of rotatable bonds is 4. The summed E-state index contributed by atoms with van der Waals surface area (Å²) in [7, 11) is 0. The van der Waals surface area contributed by atoms with Gasteiger partial charge < -0.3 is 4.74 Å². The molecule has 1 aromatic heterocycles. The van der Waals surface area contributed by atoms with E-state index in [0.29, 0.717) is 24.7 Å². The molecule has 0 unspecified atom stereocenters. The predicted molar refractivity (Wildman–Crippen MR) is 73.0 cm³/mol. The Morgan fingerprint density at radius 3 is 2.74 bits per heavy atom. The van der Waals surface area contributed by atoms with Gasteiger partial charge >= 0.3 is 5.69 Å². The zero-order valence-electron chi connectivity index (χ0n) is 11.0. The average molecular weight is 260 g/mol. The lowest BCUT2D eigenvalue weighted by Gasteiger charge is -2.05. The lowest BCUT2D eigenvalue weighted by Crippen LogP contribution is -2.17. The molecule has 2 rings (SSSR count). The SMILES string of the molecule is CCO/C(CC)=N\n1c(-c2ccccc2)n[nH]c1=O. The van der Waals surface area contributed by atoms with E-state index in [9.17, 15) is 4.79 Å². The zero-order chi connectivity index (χ0) is 13.7. The maximum absolute atomic E-state index is 11.8. The van der Waals surface area contributed by atoms with Crippen molar-refractivity contribution in [3.63, 3.8) is 0 Å². The van der Waals surface area contributed by atoms with E-state index in [0.717, 1.165) is 5.56 Å². The summed E-state index contributed by atoms with van der Waals surface area (Å²) in [5.74, 6) is 0.972. The van der Waals surface area contributed by atoms with Crippen LogP contribution in [-0.4, -0.2) is 27.4 Å². The second kappa shape index (κ2) is 5.99. The Hall–Kier alpha value is -2.37. The monoisotopic (exact) mass is 260 g/mol. The van der Waals surface area contributed by atoms with Crippen LogP contribution in [0.2, 0.25) is 0 Å². The van der Waals surface area contributed by atoms with E-state index in [2.05, 4.69) is 15.3 Å². The third kappa shape index (κ3) is 2.90. The molecule has 0 aliphatic carbocycles. The lowest BCUT2D eigenvalue weighted by atomic mass is 10.2. The van der Waals surface area contributed by atoms with Crippen molar-refractivity contribution >= 4 is 5.90 Å². The lowest BCUT2D eigenvalue weighted by molar-refractivity contribution is 0.315. The van der Waals surface area contributed by atoms with Gasteiger partial charge in [0.2, 0.25) is 5.90 Å². The number of nitrogens with one attached hydrogen (secondary N) is 1. The average Bonchev–Trinajstić information content (AvgIpc) is 2.80. The fourth-order valence-electron chi connectivity index (χ4n) is 1.64. The molecule has 6 heteroatoms. The van der Waals surface area contributed by atoms with Crippen LogP contribution >= 0.6 is 0 Å². The third-order valence-corrected chi connectivity index (χ3v) is 2.51. The van der Waals surface area contributed by atoms with Crippen LogP contribution in [0.25, 0.3) is 11.4 Å². The Morgan fingerprint density at radius 1 is 1.37 bits per heavy atom. The topological polar surface area (TPSA) is 72.3 Å². The number of aromatic nitrogens is 3. The van der Waals surface area contributed by atoms with Crippen molar-refractivity contribution in [2.45, 2.75) is 20.3 Å². The molecule has 0 radical (unpaired) electrons. The Labute approximate surface area is 110 Å². The van der Waals surface area contributed by atoms with E-state index >= 15 is 0 Å². The fraction of sp³-hybridized carbons (Fsp3) is 0.308. The van der Waals surface area contributed by atoms with E-state index in [4.69, 9.17) is 4.74 Å². The summed E-state index contributed by atoms with van der Waals surface area (Å²) >= 11 is 0. The smallest absolute Gasteiger partial charge is 0.364 e. The van der Waals surface area contributed by atoms with Crippen molar-refractivity contribution < 1.29 is 4.74 Å². The third-order valence-electron chi connectivity index (χ3n) is 2.51. The van der Waals surface area contributed by atoms with Gasteiger partial charge in [0.05, 0.1) is 6.61 Å². The standard InChI is InChI=1S/C13H16N4O2/c1-3-11(19-4-2)16-17-12(14-15-13(17)18)10-8-6-5-7-9-10/h5-9H,3-4H2,1-2H3,(H,15,18)/b16-11-. The largest absolute Gasteiger partial charge is 0.480 e. The van der Waals surface area contributed by atoms with E-state index in [1.54, 1.807) is 0 Å². The molecule has 0 saturated heterocycles. The summed E-state index contributed by atoms with van der Waals surface area (Å²) < 4.78 is 6.58. The van der Waals surface area contributed by atoms with Crippen molar-refractivity contribution in [2.24, 2.45) is 5.10 Å². The van der Waals surface area contributed by atoms with Crippen molar-refractivity contribution in [1.82, 2.24) is 14.9 Å². The van der Waals surface area contributed by atoms with Gasteiger partial charge in [-0.1, -0.05) is 37.3 Å². The zero-order valence-corrected chi connectivity index (χ0v) is 11.0. The van der Waals surface area contributed by atoms with E-state index in [1.165, 1.54) is 4.68 Å². The van der Waals surface area contributed by atoms with Gasteiger partial charge in [0.25, 0.3) is 0 Å². The molecule has 19 heavy (non-hydrogen) atoms. The molecule has 0 bridgehead atoms. The summed E-state index contributed by atoms with van der Waals surface area (Å²) in [5, 5.41) is 10.6. The van der Waals surface area contributed by atoms with E-state index in [1.807, 2.05) is 44.2 Å². The Kier molecular flexibility index (Phi) is 4.12. The molecular formula is C13H16N4O2. The van der Waals surface area contributed by atoms with Crippen LogP contribution in [0, 0.1) is 0 Å². The summed E-state index contributed by atoms with van der Waals surface area (Å²) in [5.41, 5.74) is 0.432. The van der Waals surface area contributed by atoms with Crippen molar-refractivity contribution in [2.75, 3.05) is 6.61 Å². The van der Waals surface area contributed by atoms with Gasteiger partial charge in [0.1, 0.15) is 0 Å². The van der Waals surface area contributed by atoms with Gasteiger partial charge in [-0.3, -0.25) is 0 Å². The first-order valence-electron chi connectivity index (χ1n) is 6.19. The quantitative estimate of drug-likeness (QED) is 0.673. The van der Waals surface area contributed by atoms with Crippen molar-refractivity contribution in [3.8, 4) is 11.4 Å². The Bertz CT molecular complexity index is 613. The van der Waals surface area contributed by atoms with Crippen LogP contribution in [0.3, 0.4) is 0 Å². The van der Waals surface area contributed by atoms with Crippen LogP contribution in [0.15, 0.2) is 40.2 Å². The number of ether oxygens (including phenoxy) is 1.